The smallest absolute Gasteiger partial charge is 0.160 e. The molecule has 92 valence electrons. The predicted octanol–water partition coefficient (Wildman–Crippen LogP) is 2.34. The zero-order valence-corrected chi connectivity index (χ0v) is 10.3. The summed E-state index contributed by atoms with van der Waals surface area (Å²) in [6.45, 7) is 2.23. The number of methoxy groups -OCH3 is 1. The summed E-state index contributed by atoms with van der Waals surface area (Å²) in [6.07, 6.45) is 8.15. The van der Waals surface area contributed by atoms with Crippen molar-refractivity contribution in [2.24, 2.45) is 5.92 Å². The molecule has 1 saturated carbocycles. The van der Waals surface area contributed by atoms with Crippen molar-refractivity contribution in [3.8, 4) is 0 Å². The third-order valence-corrected chi connectivity index (χ3v) is 3.56. The van der Waals surface area contributed by atoms with Gasteiger partial charge in [0.25, 0.3) is 0 Å². The molecule has 0 amide bonds. The molecule has 1 aromatic rings. The number of aromatic nitrogens is 2. The standard InChI is InChI=1S/C13H18N2O2/c1-10-4-3-5-13(6-10,17-2)12-14-7-11(9-16)8-15-12/h7-10H,3-6H2,1-2H3. The molecule has 0 N–H and O–H groups in total. The largest absolute Gasteiger partial charge is 0.370 e. The van der Waals surface area contributed by atoms with Crippen LogP contribution in [0.2, 0.25) is 0 Å². The van der Waals surface area contributed by atoms with Gasteiger partial charge in [-0.3, -0.25) is 4.79 Å². The van der Waals surface area contributed by atoms with E-state index in [4.69, 9.17) is 4.74 Å². The van der Waals surface area contributed by atoms with E-state index in [1.165, 1.54) is 6.42 Å². The third-order valence-electron chi connectivity index (χ3n) is 3.56. The highest BCUT2D eigenvalue weighted by Crippen LogP contribution is 2.40. The first kappa shape index (κ1) is 12.2. The molecule has 1 heterocycles. The van der Waals surface area contributed by atoms with Crippen molar-refractivity contribution in [3.63, 3.8) is 0 Å². The molecule has 0 saturated heterocycles. The van der Waals surface area contributed by atoms with Crippen LogP contribution in [-0.2, 0) is 10.3 Å². The second kappa shape index (κ2) is 4.92. The van der Waals surface area contributed by atoms with E-state index in [1.807, 2.05) is 0 Å². The molecule has 1 fully saturated rings. The van der Waals surface area contributed by atoms with Gasteiger partial charge in [0.1, 0.15) is 5.60 Å². The monoisotopic (exact) mass is 234 g/mol. The van der Waals surface area contributed by atoms with Gasteiger partial charge in [0, 0.05) is 19.5 Å². The molecule has 0 spiro atoms. The quantitative estimate of drug-likeness (QED) is 0.753. The maximum absolute atomic E-state index is 10.6. The molecule has 17 heavy (non-hydrogen) atoms. The maximum atomic E-state index is 10.6. The van der Waals surface area contributed by atoms with Crippen LogP contribution in [0.4, 0.5) is 0 Å². The highest BCUT2D eigenvalue weighted by Gasteiger charge is 2.39. The van der Waals surface area contributed by atoms with Crippen molar-refractivity contribution in [3.05, 3.63) is 23.8 Å². The first-order chi connectivity index (χ1) is 8.20. The Morgan fingerprint density at radius 2 is 2.18 bits per heavy atom. The Labute approximate surface area is 101 Å². The Hall–Kier alpha value is -1.29. The minimum absolute atomic E-state index is 0.362. The minimum Gasteiger partial charge on any atom is -0.370 e. The SMILES string of the molecule is COC1(c2ncc(C=O)cn2)CCCC(C)C1. The summed E-state index contributed by atoms with van der Waals surface area (Å²) >= 11 is 0. The van der Waals surface area contributed by atoms with Crippen LogP contribution in [0.3, 0.4) is 0 Å². The van der Waals surface area contributed by atoms with E-state index in [0.717, 1.165) is 25.5 Å². The lowest BCUT2D eigenvalue weighted by atomic mass is 9.78. The summed E-state index contributed by atoms with van der Waals surface area (Å²) < 4.78 is 5.70. The van der Waals surface area contributed by atoms with Gasteiger partial charge in [-0.05, 0) is 25.2 Å². The van der Waals surface area contributed by atoms with Gasteiger partial charge in [-0.15, -0.1) is 0 Å². The van der Waals surface area contributed by atoms with Crippen molar-refractivity contribution in [2.45, 2.75) is 38.2 Å². The van der Waals surface area contributed by atoms with Crippen LogP contribution in [0.1, 0.15) is 48.8 Å². The number of hydrogen-bond acceptors (Lipinski definition) is 4. The fourth-order valence-corrected chi connectivity index (χ4v) is 2.62. The summed E-state index contributed by atoms with van der Waals surface area (Å²) in [7, 11) is 1.72. The molecular weight excluding hydrogens is 216 g/mol. The summed E-state index contributed by atoms with van der Waals surface area (Å²) in [5.41, 5.74) is 0.142. The molecule has 1 aliphatic carbocycles. The van der Waals surface area contributed by atoms with E-state index in [-0.39, 0.29) is 5.60 Å². The number of carbonyl (C=O) groups excluding carboxylic acids is 1. The zero-order valence-electron chi connectivity index (χ0n) is 10.3. The molecule has 2 rings (SSSR count). The van der Waals surface area contributed by atoms with Crippen molar-refractivity contribution >= 4 is 6.29 Å². The normalized spacial score (nSPS) is 28.9. The molecule has 2 atom stereocenters. The molecule has 2 unspecified atom stereocenters. The third kappa shape index (κ3) is 2.36. The van der Waals surface area contributed by atoms with Crippen LogP contribution in [-0.4, -0.2) is 23.4 Å². The molecular formula is C13H18N2O2. The maximum Gasteiger partial charge on any atom is 0.160 e. The molecule has 1 aliphatic rings. The highest BCUT2D eigenvalue weighted by molar-refractivity contribution is 5.73. The van der Waals surface area contributed by atoms with E-state index in [2.05, 4.69) is 16.9 Å². The van der Waals surface area contributed by atoms with Gasteiger partial charge in [0.15, 0.2) is 12.1 Å². The summed E-state index contributed by atoms with van der Waals surface area (Å²) in [5.74, 6) is 1.33. The van der Waals surface area contributed by atoms with Crippen LogP contribution in [0.25, 0.3) is 0 Å². The molecule has 0 bridgehead atoms. The molecule has 0 radical (unpaired) electrons. The highest BCUT2D eigenvalue weighted by atomic mass is 16.5. The Balaban J connectivity index is 2.29. The Morgan fingerprint density at radius 1 is 1.47 bits per heavy atom. The summed E-state index contributed by atoms with van der Waals surface area (Å²) in [4.78, 5) is 19.2. The number of nitrogens with zero attached hydrogens (tertiary/aromatic N) is 2. The van der Waals surface area contributed by atoms with Gasteiger partial charge in [-0.1, -0.05) is 13.3 Å². The van der Waals surface area contributed by atoms with Gasteiger partial charge in [0.05, 0.1) is 5.56 Å². The van der Waals surface area contributed by atoms with Crippen LogP contribution in [0, 0.1) is 5.92 Å². The van der Waals surface area contributed by atoms with E-state index in [0.29, 0.717) is 17.3 Å². The van der Waals surface area contributed by atoms with Gasteiger partial charge in [-0.2, -0.15) is 0 Å². The van der Waals surface area contributed by atoms with Gasteiger partial charge < -0.3 is 4.74 Å². The topological polar surface area (TPSA) is 52.1 Å². The average molecular weight is 234 g/mol. The fourth-order valence-electron chi connectivity index (χ4n) is 2.62. The summed E-state index contributed by atoms with van der Waals surface area (Å²) in [6, 6.07) is 0. The van der Waals surface area contributed by atoms with E-state index < -0.39 is 0 Å². The lowest BCUT2D eigenvalue weighted by Crippen LogP contribution is -2.36. The Kier molecular flexibility index (Phi) is 3.52. The second-order valence-corrected chi connectivity index (χ2v) is 4.86. The van der Waals surface area contributed by atoms with Crippen LogP contribution < -0.4 is 0 Å². The molecule has 1 aromatic heterocycles. The lowest BCUT2D eigenvalue weighted by Gasteiger charge is -2.37. The Morgan fingerprint density at radius 3 is 2.71 bits per heavy atom. The van der Waals surface area contributed by atoms with E-state index in [1.54, 1.807) is 19.5 Å². The summed E-state index contributed by atoms with van der Waals surface area (Å²) in [5, 5.41) is 0. The second-order valence-electron chi connectivity index (χ2n) is 4.86. The molecule has 0 aromatic carbocycles. The first-order valence-corrected chi connectivity index (χ1v) is 6.03. The molecule has 4 heteroatoms. The number of carbonyl (C=O) groups is 1. The van der Waals surface area contributed by atoms with Crippen LogP contribution in [0.15, 0.2) is 12.4 Å². The fraction of sp³-hybridized carbons (Fsp3) is 0.615. The van der Waals surface area contributed by atoms with Crippen molar-refractivity contribution in [2.75, 3.05) is 7.11 Å². The predicted molar refractivity (Wildman–Crippen MR) is 63.7 cm³/mol. The molecule has 0 aliphatic heterocycles. The molecule has 4 nitrogen and oxygen atoms in total. The minimum atomic E-state index is -0.362. The zero-order chi connectivity index (χ0) is 12.3. The first-order valence-electron chi connectivity index (χ1n) is 6.03. The van der Waals surface area contributed by atoms with E-state index in [9.17, 15) is 4.79 Å². The van der Waals surface area contributed by atoms with Gasteiger partial charge >= 0.3 is 0 Å². The lowest BCUT2D eigenvalue weighted by molar-refractivity contribution is -0.0646. The van der Waals surface area contributed by atoms with Gasteiger partial charge in [0.2, 0.25) is 0 Å². The number of hydrogen-bond donors (Lipinski definition) is 0. The Bertz CT molecular complexity index is 391. The number of aldehydes is 1. The van der Waals surface area contributed by atoms with Crippen molar-refractivity contribution < 1.29 is 9.53 Å². The van der Waals surface area contributed by atoms with Crippen molar-refractivity contribution in [1.82, 2.24) is 9.97 Å². The van der Waals surface area contributed by atoms with E-state index >= 15 is 0 Å². The van der Waals surface area contributed by atoms with Crippen LogP contribution in [0.5, 0.6) is 0 Å². The number of rotatable bonds is 3. The van der Waals surface area contributed by atoms with Crippen molar-refractivity contribution in [1.29, 1.82) is 0 Å². The van der Waals surface area contributed by atoms with Crippen LogP contribution >= 0.6 is 0 Å². The number of ether oxygens (including phenoxy) is 1. The average Bonchev–Trinajstić information content (AvgIpc) is 2.38. The van der Waals surface area contributed by atoms with Gasteiger partial charge in [-0.25, -0.2) is 9.97 Å².